The number of methoxy groups -OCH3 is 1. The van der Waals surface area contributed by atoms with Gasteiger partial charge in [-0.15, -0.1) is 0 Å². The minimum absolute atomic E-state index is 0.0986. The van der Waals surface area contributed by atoms with Gasteiger partial charge in [-0.25, -0.2) is 0 Å². The molecule has 0 aliphatic rings. The minimum atomic E-state index is -0.809. The summed E-state index contributed by atoms with van der Waals surface area (Å²) >= 11 is 0. The summed E-state index contributed by atoms with van der Waals surface area (Å²) in [5.74, 6) is -1.54. The van der Waals surface area contributed by atoms with E-state index in [1.807, 2.05) is 12.1 Å². The van der Waals surface area contributed by atoms with E-state index in [1.54, 1.807) is 33.1 Å². The molecule has 5 heteroatoms. The average Bonchev–Trinajstić information content (AvgIpc) is 2.41. The van der Waals surface area contributed by atoms with E-state index < -0.39 is 11.9 Å². The van der Waals surface area contributed by atoms with E-state index in [-0.39, 0.29) is 11.8 Å². The molecule has 0 radical (unpaired) electrons. The van der Waals surface area contributed by atoms with Crippen molar-refractivity contribution >= 4 is 17.6 Å². The maximum absolute atomic E-state index is 11.8. The standard InChI is InChI=1S/C15H21NO4/c1-10(15(18)19)8-12-4-6-13(7-5-12)16-14(17)11(2)9-20-3/h4-7,10-11H,8-9H2,1-3H3,(H,16,17)(H,18,19). The first-order chi connectivity index (χ1) is 9.43. The van der Waals surface area contributed by atoms with Crippen LogP contribution in [0.25, 0.3) is 0 Å². The van der Waals surface area contributed by atoms with Crippen molar-refractivity contribution in [2.24, 2.45) is 11.8 Å². The second kappa shape index (κ2) is 7.65. The number of ether oxygens (including phenoxy) is 1. The molecule has 0 saturated heterocycles. The van der Waals surface area contributed by atoms with Crippen molar-refractivity contribution in [3.63, 3.8) is 0 Å². The number of carbonyl (C=O) groups is 2. The highest BCUT2D eigenvalue weighted by atomic mass is 16.5. The summed E-state index contributed by atoms with van der Waals surface area (Å²) in [6.45, 7) is 3.84. The molecule has 2 atom stereocenters. The van der Waals surface area contributed by atoms with Crippen LogP contribution in [0.15, 0.2) is 24.3 Å². The zero-order chi connectivity index (χ0) is 15.1. The SMILES string of the molecule is COCC(C)C(=O)Nc1ccc(CC(C)C(=O)O)cc1. The van der Waals surface area contributed by atoms with Gasteiger partial charge in [0.1, 0.15) is 0 Å². The first-order valence-electron chi connectivity index (χ1n) is 6.55. The predicted octanol–water partition coefficient (Wildman–Crippen LogP) is 2.17. The summed E-state index contributed by atoms with van der Waals surface area (Å²) in [5, 5.41) is 11.7. The lowest BCUT2D eigenvalue weighted by Gasteiger charge is -2.12. The number of hydrogen-bond acceptors (Lipinski definition) is 3. The highest BCUT2D eigenvalue weighted by molar-refractivity contribution is 5.92. The second-order valence-electron chi connectivity index (χ2n) is 4.99. The van der Waals surface area contributed by atoms with E-state index in [0.29, 0.717) is 18.7 Å². The fourth-order valence-electron chi connectivity index (χ4n) is 1.76. The quantitative estimate of drug-likeness (QED) is 0.802. The molecule has 0 bridgehead atoms. The number of aliphatic carboxylic acids is 1. The Kier molecular flexibility index (Phi) is 6.18. The van der Waals surface area contributed by atoms with Crippen molar-refractivity contribution < 1.29 is 19.4 Å². The maximum atomic E-state index is 11.8. The Bertz CT molecular complexity index is 455. The number of hydrogen-bond donors (Lipinski definition) is 2. The number of carboxylic acid groups (broad SMARTS) is 1. The van der Waals surface area contributed by atoms with Crippen LogP contribution in [0.2, 0.25) is 0 Å². The largest absolute Gasteiger partial charge is 0.481 e. The van der Waals surface area contributed by atoms with Gasteiger partial charge >= 0.3 is 5.97 Å². The van der Waals surface area contributed by atoms with Gasteiger partial charge < -0.3 is 15.2 Å². The van der Waals surface area contributed by atoms with Crippen molar-refractivity contribution in [2.45, 2.75) is 20.3 Å². The van der Waals surface area contributed by atoms with E-state index in [4.69, 9.17) is 9.84 Å². The third kappa shape index (κ3) is 5.01. The molecule has 2 N–H and O–H groups in total. The third-order valence-electron chi connectivity index (χ3n) is 3.05. The number of anilines is 1. The van der Waals surface area contributed by atoms with Crippen molar-refractivity contribution in [3.05, 3.63) is 29.8 Å². The molecule has 0 spiro atoms. The summed E-state index contributed by atoms with van der Waals surface area (Å²) in [7, 11) is 1.56. The van der Waals surface area contributed by atoms with Crippen LogP contribution >= 0.6 is 0 Å². The topological polar surface area (TPSA) is 75.6 Å². The Morgan fingerprint density at radius 1 is 1.20 bits per heavy atom. The molecule has 1 amide bonds. The molecule has 0 aromatic heterocycles. The molecule has 110 valence electrons. The van der Waals surface area contributed by atoms with Gasteiger partial charge in [0.2, 0.25) is 5.91 Å². The van der Waals surface area contributed by atoms with Crippen LogP contribution in [-0.2, 0) is 20.7 Å². The first-order valence-corrected chi connectivity index (χ1v) is 6.55. The molecule has 0 fully saturated rings. The van der Waals surface area contributed by atoms with Gasteiger partial charge in [0, 0.05) is 12.8 Å². The Hall–Kier alpha value is -1.88. The van der Waals surface area contributed by atoms with Crippen LogP contribution in [-0.4, -0.2) is 30.7 Å². The summed E-state index contributed by atoms with van der Waals surface area (Å²) < 4.78 is 4.93. The summed E-state index contributed by atoms with van der Waals surface area (Å²) in [5.41, 5.74) is 1.63. The molecule has 0 aliphatic heterocycles. The normalized spacial score (nSPS) is 13.6. The van der Waals surface area contributed by atoms with Crippen molar-refractivity contribution in [1.82, 2.24) is 0 Å². The van der Waals surface area contributed by atoms with E-state index >= 15 is 0 Å². The third-order valence-corrected chi connectivity index (χ3v) is 3.05. The fraction of sp³-hybridized carbons (Fsp3) is 0.467. The number of nitrogens with one attached hydrogen (secondary N) is 1. The van der Waals surface area contributed by atoms with Crippen LogP contribution in [0.5, 0.6) is 0 Å². The van der Waals surface area contributed by atoms with Gasteiger partial charge in [-0.05, 0) is 24.1 Å². The van der Waals surface area contributed by atoms with Crippen LogP contribution in [0.3, 0.4) is 0 Å². The summed E-state index contributed by atoms with van der Waals surface area (Å²) in [6, 6.07) is 7.22. The van der Waals surface area contributed by atoms with Crippen molar-refractivity contribution in [1.29, 1.82) is 0 Å². The maximum Gasteiger partial charge on any atom is 0.306 e. The van der Waals surface area contributed by atoms with Crippen LogP contribution in [0.1, 0.15) is 19.4 Å². The van der Waals surface area contributed by atoms with Gasteiger partial charge in [-0.1, -0.05) is 26.0 Å². The Balaban J connectivity index is 2.58. The van der Waals surface area contributed by atoms with Crippen LogP contribution in [0, 0.1) is 11.8 Å². The highest BCUT2D eigenvalue weighted by Crippen LogP contribution is 2.14. The molecular formula is C15H21NO4. The summed E-state index contributed by atoms with van der Waals surface area (Å²) in [4.78, 5) is 22.6. The molecule has 1 rings (SSSR count). The predicted molar refractivity (Wildman–Crippen MR) is 76.6 cm³/mol. The Morgan fingerprint density at radius 2 is 1.80 bits per heavy atom. The lowest BCUT2D eigenvalue weighted by molar-refractivity contribution is -0.141. The van der Waals surface area contributed by atoms with Gasteiger partial charge in [-0.3, -0.25) is 9.59 Å². The zero-order valence-corrected chi connectivity index (χ0v) is 12.1. The van der Waals surface area contributed by atoms with Gasteiger partial charge in [0.15, 0.2) is 0 Å². The Labute approximate surface area is 118 Å². The molecule has 0 saturated carbocycles. The number of carbonyl (C=O) groups excluding carboxylic acids is 1. The minimum Gasteiger partial charge on any atom is -0.481 e. The molecule has 1 aromatic rings. The number of benzene rings is 1. The molecule has 1 aromatic carbocycles. The van der Waals surface area contributed by atoms with E-state index in [2.05, 4.69) is 5.32 Å². The van der Waals surface area contributed by atoms with Crippen molar-refractivity contribution in [3.8, 4) is 0 Å². The molecule has 0 aliphatic carbocycles. The first kappa shape index (κ1) is 16.2. The number of amides is 1. The molecular weight excluding hydrogens is 258 g/mol. The van der Waals surface area contributed by atoms with Crippen molar-refractivity contribution in [2.75, 3.05) is 19.0 Å². The van der Waals surface area contributed by atoms with Crippen LogP contribution in [0.4, 0.5) is 5.69 Å². The fourth-order valence-corrected chi connectivity index (χ4v) is 1.76. The van der Waals surface area contributed by atoms with Crippen LogP contribution < -0.4 is 5.32 Å². The number of rotatable bonds is 7. The smallest absolute Gasteiger partial charge is 0.306 e. The lowest BCUT2D eigenvalue weighted by atomic mass is 10.0. The van der Waals surface area contributed by atoms with Gasteiger partial charge in [0.05, 0.1) is 18.4 Å². The number of carboxylic acids is 1. The van der Waals surface area contributed by atoms with Gasteiger partial charge in [0.25, 0.3) is 0 Å². The highest BCUT2D eigenvalue weighted by Gasteiger charge is 2.13. The molecule has 0 heterocycles. The molecule has 2 unspecified atom stereocenters. The summed E-state index contributed by atoms with van der Waals surface area (Å²) in [6.07, 6.45) is 0.476. The molecule has 5 nitrogen and oxygen atoms in total. The monoisotopic (exact) mass is 279 g/mol. The van der Waals surface area contributed by atoms with E-state index in [9.17, 15) is 9.59 Å². The second-order valence-corrected chi connectivity index (χ2v) is 4.99. The zero-order valence-electron chi connectivity index (χ0n) is 12.1. The Morgan fingerprint density at radius 3 is 2.30 bits per heavy atom. The van der Waals surface area contributed by atoms with Gasteiger partial charge in [-0.2, -0.15) is 0 Å². The van der Waals surface area contributed by atoms with E-state index in [1.165, 1.54) is 0 Å². The van der Waals surface area contributed by atoms with E-state index in [0.717, 1.165) is 5.56 Å². The lowest BCUT2D eigenvalue weighted by Crippen LogP contribution is -2.23. The average molecular weight is 279 g/mol. The molecule has 20 heavy (non-hydrogen) atoms.